The molecule has 23 heavy (non-hydrogen) atoms. The summed E-state index contributed by atoms with van der Waals surface area (Å²) in [6, 6.07) is 5.77. The van der Waals surface area contributed by atoms with Gasteiger partial charge in [0, 0.05) is 35.4 Å². The molecule has 1 amide bonds. The second-order valence-corrected chi connectivity index (χ2v) is 6.91. The van der Waals surface area contributed by atoms with Crippen LogP contribution in [0.4, 0.5) is 4.39 Å². The fraction of sp³-hybridized carbons (Fsp3) is 0.353. The smallest absolute Gasteiger partial charge is 0.270 e. The van der Waals surface area contributed by atoms with E-state index in [2.05, 4.69) is 20.9 Å². The Balaban J connectivity index is 1.81. The zero-order chi connectivity index (χ0) is 16.4. The molecular weight excluding hydrogens is 363 g/mol. The number of aromatic nitrogens is 1. The highest BCUT2D eigenvalue weighted by molar-refractivity contribution is 9.10. The van der Waals surface area contributed by atoms with Crippen molar-refractivity contribution in [3.05, 3.63) is 52.0 Å². The molecule has 2 N–H and O–H groups in total. The number of phenolic OH excluding ortho intramolecular Hbond substituents is 1. The maximum atomic E-state index is 14.0. The maximum Gasteiger partial charge on any atom is 0.270 e. The Morgan fingerprint density at radius 1 is 1.39 bits per heavy atom. The molecule has 1 saturated carbocycles. The van der Waals surface area contributed by atoms with Crippen LogP contribution in [0.25, 0.3) is 0 Å². The SMILES string of the molecule is O=C(c1cc(Br)c[nH]1)N(Cc1ccc(O)cc1F)CC1CCC1. The minimum Gasteiger partial charge on any atom is -0.508 e. The number of amides is 1. The van der Waals surface area contributed by atoms with Crippen LogP contribution in [0.1, 0.15) is 35.3 Å². The molecule has 6 heteroatoms. The van der Waals surface area contributed by atoms with Gasteiger partial charge in [-0.3, -0.25) is 4.79 Å². The van der Waals surface area contributed by atoms with E-state index in [9.17, 15) is 14.3 Å². The molecule has 122 valence electrons. The molecule has 0 aliphatic heterocycles. The van der Waals surface area contributed by atoms with Crippen molar-refractivity contribution in [3.63, 3.8) is 0 Å². The number of nitrogens with one attached hydrogen (secondary N) is 1. The Hall–Kier alpha value is -1.82. The molecule has 1 heterocycles. The predicted octanol–water partition coefficient (Wildman–Crippen LogP) is 4.06. The molecule has 0 unspecified atom stereocenters. The van der Waals surface area contributed by atoms with Gasteiger partial charge in [-0.1, -0.05) is 12.5 Å². The molecule has 4 nitrogen and oxygen atoms in total. The summed E-state index contributed by atoms with van der Waals surface area (Å²) in [5.41, 5.74) is 0.886. The summed E-state index contributed by atoms with van der Waals surface area (Å²) in [6.45, 7) is 0.813. The Kier molecular flexibility index (Phi) is 4.71. The van der Waals surface area contributed by atoms with E-state index in [1.807, 2.05) is 0 Å². The molecule has 0 radical (unpaired) electrons. The second-order valence-electron chi connectivity index (χ2n) is 5.99. The van der Waals surface area contributed by atoms with Gasteiger partial charge in [0.05, 0.1) is 0 Å². The van der Waals surface area contributed by atoms with Crippen LogP contribution in [0.5, 0.6) is 5.75 Å². The summed E-state index contributed by atoms with van der Waals surface area (Å²) < 4.78 is 14.8. The van der Waals surface area contributed by atoms with Crippen molar-refractivity contribution in [1.29, 1.82) is 0 Å². The topological polar surface area (TPSA) is 56.3 Å². The molecule has 0 atom stereocenters. The molecule has 2 aromatic rings. The molecule has 1 aromatic heterocycles. The van der Waals surface area contributed by atoms with Gasteiger partial charge in [-0.2, -0.15) is 0 Å². The van der Waals surface area contributed by atoms with Crippen molar-refractivity contribution in [1.82, 2.24) is 9.88 Å². The van der Waals surface area contributed by atoms with Gasteiger partial charge in [-0.25, -0.2) is 4.39 Å². The molecule has 1 aliphatic carbocycles. The van der Waals surface area contributed by atoms with Crippen molar-refractivity contribution >= 4 is 21.8 Å². The zero-order valence-electron chi connectivity index (χ0n) is 12.6. The average Bonchev–Trinajstić information content (AvgIpc) is 2.89. The van der Waals surface area contributed by atoms with Crippen LogP contribution >= 0.6 is 15.9 Å². The lowest BCUT2D eigenvalue weighted by atomic mass is 9.85. The number of halogens is 2. The minimum atomic E-state index is -0.496. The van der Waals surface area contributed by atoms with E-state index in [0.717, 1.165) is 23.4 Å². The monoisotopic (exact) mass is 380 g/mol. The van der Waals surface area contributed by atoms with E-state index in [1.54, 1.807) is 17.2 Å². The van der Waals surface area contributed by atoms with Crippen molar-refractivity contribution in [2.45, 2.75) is 25.8 Å². The summed E-state index contributed by atoms with van der Waals surface area (Å²) >= 11 is 3.32. The molecule has 1 aromatic carbocycles. The third-order valence-corrected chi connectivity index (χ3v) is 4.72. The Bertz CT molecular complexity index is 712. The number of rotatable bonds is 5. The zero-order valence-corrected chi connectivity index (χ0v) is 14.1. The van der Waals surface area contributed by atoms with Gasteiger partial charge in [0.2, 0.25) is 0 Å². The second kappa shape index (κ2) is 6.74. The Labute approximate surface area is 142 Å². The molecule has 0 saturated heterocycles. The van der Waals surface area contributed by atoms with Crippen molar-refractivity contribution < 1.29 is 14.3 Å². The number of hydrogen-bond donors (Lipinski definition) is 2. The first-order valence-electron chi connectivity index (χ1n) is 7.63. The lowest BCUT2D eigenvalue weighted by Crippen LogP contribution is -2.37. The van der Waals surface area contributed by atoms with Crippen molar-refractivity contribution in [2.75, 3.05) is 6.54 Å². The fourth-order valence-corrected chi connectivity index (χ4v) is 3.08. The lowest BCUT2D eigenvalue weighted by molar-refractivity contribution is 0.0672. The average molecular weight is 381 g/mol. The number of carbonyl (C=O) groups excluding carboxylic acids is 1. The van der Waals surface area contributed by atoms with Gasteiger partial charge < -0.3 is 15.0 Å². The number of phenols is 1. The van der Waals surface area contributed by atoms with Gasteiger partial charge in [-0.05, 0) is 46.8 Å². The molecule has 3 rings (SSSR count). The standard InChI is InChI=1S/C17H18BrFN2O2/c18-13-6-16(20-8-13)17(23)21(9-11-2-1-3-11)10-12-4-5-14(22)7-15(12)19/h4-8,11,20,22H,1-3,9-10H2. The number of hydrogen-bond acceptors (Lipinski definition) is 2. The van der Waals surface area contributed by atoms with E-state index < -0.39 is 5.82 Å². The Morgan fingerprint density at radius 2 is 2.17 bits per heavy atom. The van der Waals surface area contributed by atoms with Crippen LogP contribution in [0.3, 0.4) is 0 Å². The van der Waals surface area contributed by atoms with E-state index in [-0.39, 0.29) is 18.2 Å². The van der Waals surface area contributed by atoms with Crippen LogP contribution in [0.2, 0.25) is 0 Å². The molecular formula is C17H18BrFN2O2. The minimum absolute atomic E-state index is 0.114. The quantitative estimate of drug-likeness (QED) is 0.821. The van der Waals surface area contributed by atoms with Crippen LogP contribution in [0.15, 0.2) is 34.9 Å². The fourth-order valence-electron chi connectivity index (χ4n) is 2.74. The summed E-state index contributed by atoms with van der Waals surface area (Å²) in [5.74, 6) is -0.270. The predicted molar refractivity (Wildman–Crippen MR) is 88.6 cm³/mol. The summed E-state index contributed by atoms with van der Waals surface area (Å²) in [6.07, 6.45) is 5.11. The number of benzene rings is 1. The summed E-state index contributed by atoms with van der Waals surface area (Å²) in [7, 11) is 0. The highest BCUT2D eigenvalue weighted by atomic mass is 79.9. The van der Waals surface area contributed by atoms with Crippen molar-refractivity contribution in [3.8, 4) is 5.75 Å². The van der Waals surface area contributed by atoms with Crippen LogP contribution in [0, 0.1) is 11.7 Å². The normalized spacial score (nSPS) is 14.5. The third kappa shape index (κ3) is 3.75. The number of aromatic amines is 1. The van der Waals surface area contributed by atoms with Crippen molar-refractivity contribution in [2.24, 2.45) is 5.92 Å². The van der Waals surface area contributed by atoms with Crippen LogP contribution in [-0.4, -0.2) is 27.4 Å². The van der Waals surface area contributed by atoms with Gasteiger partial charge in [0.1, 0.15) is 17.3 Å². The summed E-state index contributed by atoms with van der Waals surface area (Å²) in [5, 5.41) is 9.32. The first-order chi connectivity index (χ1) is 11.0. The highest BCUT2D eigenvalue weighted by Gasteiger charge is 2.26. The third-order valence-electron chi connectivity index (χ3n) is 4.27. The molecule has 1 aliphatic rings. The molecule has 0 spiro atoms. The number of H-pyrrole nitrogens is 1. The van der Waals surface area contributed by atoms with Gasteiger partial charge in [-0.15, -0.1) is 0 Å². The highest BCUT2D eigenvalue weighted by Crippen LogP contribution is 2.29. The van der Waals surface area contributed by atoms with Crippen LogP contribution < -0.4 is 0 Å². The first-order valence-corrected chi connectivity index (χ1v) is 8.43. The summed E-state index contributed by atoms with van der Waals surface area (Å²) in [4.78, 5) is 17.3. The van der Waals surface area contributed by atoms with E-state index in [4.69, 9.17) is 0 Å². The van der Waals surface area contributed by atoms with Gasteiger partial charge in [0.15, 0.2) is 0 Å². The largest absolute Gasteiger partial charge is 0.508 e. The van der Waals surface area contributed by atoms with E-state index in [0.29, 0.717) is 23.7 Å². The van der Waals surface area contributed by atoms with E-state index in [1.165, 1.54) is 18.6 Å². The maximum absolute atomic E-state index is 14.0. The number of carbonyl (C=O) groups is 1. The Morgan fingerprint density at radius 3 is 2.74 bits per heavy atom. The van der Waals surface area contributed by atoms with Gasteiger partial charge in [0.25, 0.3) is 5.91 Å². The molecule has 0 bridgehead atoms. The van der Waals surface area contributed by atoms with E-state index >= 15 is 0 Å². The first kappa shape index (κ1) is 16.1. The lowest BCUT2D eigenvalue weighted by Gasteiger charge is -2.32. The number of aromatic hydroxyl groups is 1. The molecule has 1 fully saturated rings. The van der Waals surface area contributed by atoms with Gasteiger partial charge >= 0.3 is 0 Å². The van der Waals surface area contributed by atoms with Crippen LogP contribution in [-0.2, 0) is 6.54 Å². The number of nitrogens with zero attached hydrogens (tertiary/aromatic N) is 1.